The maximum absolute atomic E-state index is 12.9. The van der Waals surface area contributed by atoms with E-state index < -0.39 is 0 Å². The van der Waals surface area contributed by atoms with E-state index in [-0.39, 0.29) is 5.82 Å². The highest BCUT2D eigenvalue weighted by atomic mass is 19.1. The van der Waals surface area contributed by atoms with Crippen LogP contribution < -0.4 is 10.5 Å². The van der Waals surface area contributed by atoms with Crippen molar-refractivity contribution >= 4 is 5.69 Å². The van der Waals surface area contributed by atoms with Gasteiger partial charge in [-0.05, 0) is 73.7 Å². The molecule has 0 fully saturated rings. The predicted molar refractivity (Wildman–Crippen MR) is 98.0 cm³/mol. The van der Waals surface area contributed by atoms with Crippen molar-refractivity contribution in [3.05, 3.63) is 72.2 Å². The quantitative estimate of drug-likeness (QED) is 0.438. The summed E-state index contributed by atoms with van der Waals surface area (Å²) < 4.78 is 24.2. The Bertz CT molecular complexity index is 782. The van der Waals surface area contributed by atoms with Crippen LogP contribution in [0.5, 0.6) is 5.75 Å². The lowest BCUT2D eigenvalue weighted by molar-refractivity contribution is 0.306. The summed E-state index contributed by atoms with van der Waals surface area (Å²) in [6.45, 7) is 0.640. The van der Waals surface area contributed by atoms with E-state index in [2.05, 4.69) is 0 Å². The van der Waals surface area contributed by atoms with Crippen LogP contribution in [0.4, 0.5) is 10.1 Å². The first-order valence-corrected chi connectivity index (χ1v) is 8.53. The Morgan fingerprint density at radius 3 is 2.56 bits per heavy atom. The van der Waals surface area contributed by atoms with Crippen LogP contribution in [0.15, 0.2) is 65.3 Å². The van der Waals surface area contributed by atoms with E-state index >= 15 is 0 Å². The second kappa shape index (κ2) is 8.38. The molecule has 0 bridgehead atoms. The van der Waals surface area contributed by atoms with Crippen LogP contribution in [0.3, 0.4) is 0 Å². The molecular formula is C21H22FNO2. The Kier molecular flexibility index (Phi) is 5.73. The molecule has 0 amide bonds. The van der Waals surface area contributed by atoms with Gasteiger partial charge in [0, 0.05) is 5.69 Å². The van der Waals surface area contributed by atoms with Crippen molar-refractivity contribution in [3.8, 4) is 17.1 Å². The summed E-state index contributed by atoms with van der Waals surface area (Å²) in [5, 5.41) is 0. The third kappa shape index (κ3) is 4.86. The van der Waals surface area contributed by atoms with E-state index in [1.54, 1.807) is 6.26 Å². The summed E-state index contributed by atoms with van der Waals surface area (Å²) in [6.07, 6.45) is 5.67. The number of nitrogen functional groups attached to an aromatic ring is 1. The molecule has 1 heterocycles. The maximum atomic E-state index is 12.9. The number of aryl methyl sites for hydroxylation is 1. The fourth-order valence-electron chi connectivity index (χ4n) is 2.74. The minimum atomic E-state index is -0.187. The van der Waals surface area contributed by atoms with Crippen molar-refractivity contribution in [1.29, 1.82) is 0 Å². The first-order chi connectivity index (χ1) is 12.2. The van der Waals surface area contributed by atoms with E-state index in [0.29, 0.717) is 12.3 Å². The summed E-state index contributed by atoms with van der Waals surface area (Å²) >= 11 is 0. The highest BCUT2D eigenvalue weighted by molar-refractivity contribution is 5.70. The summed E-state index contributed by atoms with van der Waals surface area (Å²) in [4.78, 5) is 0. The molecule has 0 aliphatic heterocycles. The first kappa shape index (κ1) is 17.1. The molecule has 0 atom stereocenters. The number of nitrogens with two attached hydrogens (primary N) is 1. The molecule has 130 valence electrons. The third-order valence-corrected chi connectivity index (χ3v) is 4.07. The van der Waals surface area contributed by atoms with E-state index in [0.717, 1.165) is 42.8 Å². The molecule has 0 spiro atoms. The molecule has 2 N–H and O–H groups in total. The van der Waals surface area contributed by atoms with Crippen LogP contribution in [0.1, 0.15) is 24.8 Å². The van der Waals surface area contributed by atoms with Gasteiger partial charge in [-0.15, -0.1) is 0 Å². The number of ether oxygens (including phenoxy) is 1. The van der Waals surface area contributed by atoms with Crippen molar-refractivity contribution in [3.63, 3.8) is 0 Å². The minimum absolute atomic E-state index is 0.187. The number of hydrogen-bond donors (Lipinski definition) is 1. The Morgan fingerprint density at radius 2 is 1.80 bits per heavy atom. The van der Waals surface area contributed by atoms with E-state index in [9.17, 15) is 4.39 Å². The molecule has 25 heavy (non-hydrogen) atoms. The van der Waals surface area contributed by atoms with Crippen LogP contribution in [-0.4, -0.2) is 6.61 Å². The van der Waals surface area contributed by atoms with Crippen LogP contribution in [-0.2, 0) is 6.42 Å². The van der Waals surface area contributed by atoms with E-state index in [4.69, 9.17) is 14.9 Å². The number of anilines is 1. The molecule has 3 nitrogen and oxygen atoms in total. The monoisotopic (exact) mass is 339 g/mol. The van der Waals surface area contributed by atoms with Gasteiger partial charge in [0.1, 0.15) is 17.3 Å². The number of halogens is 1. The van der Waals surface area contributed by atoms with Crippen LogP contribution in [0.2, 0.25) is 0 Å². The van der Waals surface area contributed by atoms with Crippen molar-refractivity contribution in [2.75, 3.05) is 12.3 Å². The number of furan rings is 1. The van der Waals surface area contributed by atoms with Gasteiger partial charge in [0.05, 0.1) is 18.4 Å². The van der Waals surface area contributed by atoms with Gasteiger partial charge in [0.25, 0.3) is 0 Å². The maximum Gasteiger partial charge on any atom is 0.137 e. The van der Waals surface area contributed by atoms with Gasteiger partial charge in [0.15, 0.2) is 0 Å². The molecular weight excluding hydrogens is 317 g/mol. The Labute approximate surface area is 147 Å². The largest absolute Gasteiger partial charge is 0.493 e. The first-order valence-electron chi connectivity index (χ1n) is 8.53. The summed E-state index contributed by atoms with van der Waals surface area (Å²) in [5.41, 5.74) is 8.59. The molecule has 3 aromatic rings. The molecule has 3 rings (SSSR count). The van der Waals surface area contributed by atoms with Gasteiger partial charge in [-0.25, -0.2) is 4.39 Å². The number of unbranched alkanes of at least 4 members (excludes halogenated alkanes) is 2. The fraction of sp³-hybridized carbons (Fsp3) is 0.238. The zero-order valence-electron chi connectivity index (χ0n) is 14.1. The molecule has 0 aliphatic carbocycles. The van der Waals surface area contributed by atoms with Crippen LogP contribution in [0.25, 0.3) is 11.3 Å². The lowest BCUT2D eigenvalue weighted by Crippen LogP contribution is -2.00. The second-order valence-electron chi connectivity index (χ2n) is 6.02. The number of benzene rings is 2. The molecule has 1 aromatic heterocycles. The standard InChI is InChI=1S/C21H22FNO2/c22-17-9-7-16(8-10-17)5-2-1-3-13-24-21-12-11-18(23)15-19(21)20-6-4-14-25-20/h4,6-12,14-15H,1-3,5,13,23H2. The lowest BCUT2D eigenvalue weighted by Gasteiger charge is -2.11. The van der Waals surface area contributed by atoms with Crippen LogP contribution >= 0.6 is 0 Å². The molecule has 0 saturated carbocycles. The number of rotatable bonds is 8. The van der Waals surface area contributed by atoms with Crippen LogP contribution in [0, 0.1) is 5.82 Å². The molecule has 0 radical (unpaired) electrons. The fourth-order valence-corrected chi connectivity index (χ4v) is 2.74. The summed E-state index contributed by atoms with van der Waals surface area (Å²) in [6, 6.07) is 16.0. The Hall–Kier alpha value is -2.75. The van der Waals surface area contributed by atoms with E-state index in [1.807, 2.05) is 42.5 Å². The smallest absolute Gasteiger partial charge is 0.137 e. The topological polar surface area (TPSA) is 48.4 Å². The zero-order chi connectivity index (χ0) is 17.5. The molecule has 0 saturated heterocycles. The highest BCUT2D eigenvalue weighted by Gasteiger charge is 2.09. The summed E-state index contributed by atoms with van der Waals surface area (Å²) in [7, 11) is 0. The predicted octanol–water partition coefficient (Wildman–Crippen LogP) is 5.46. The third-order valence-electron chi connectivity index (χ3n) is 4.07. The average molecular weight is 339 g/mol. The number of hydrogen-bond acceptors (Lipinski definition) is 3. The normalized spacial score (nSPS) is 10.8. The van der Waals surface area contributed by atoms with Crippen molar-refractivity contribution in [2.45, 2.75) is 25.7 Å². The SMILES string of the molecule is Nc1ccc(OCCCCCc2ccc(F)cc2)c(-c2ccco2)c1. The lowest BCUT2D eigenvalue weighted by atomic mass is 10.1. The van der Waals surface area contributed by atoms with Crippen molar-refractivity contribution < 1.29 is 13.5 Å². The minimum Gasteiger partial charge on any atom is -0.493 e. The molecule has 2 aromatic carbocycles. The molecule has 4 heteroatoms. The second-order valence-corrected chi connectivity index (χ2v) is 6.02. The zero-order valence-corrected chi connectivity index (χ0v) is 14.1. The van der Waals surface area contributed by atoms with Gasteiger partial charge in [0.2, 0.25) is 0 Å². The van der Waals surface area contributed by atoms with Gasteiger partial charge in [-0.1, -0.05) is 12.1 Å². The molecule has 0 aliphatic rings. The molecule has 0 unspecified atom stereocenters. The highest BCUT2D eigenvalue weighted by Crippen LogP contribution is 2.32. The van der Waals surface area contributed by atoms with Gasteiger partial charge in [-0.3, -0.25) is 0 Å². The van der Waals surface area contributed by atoms with Crippen molar-refractivity contribution in [1.82, 2.24) is 0 Å². The van der Waals surface area contributed by atoms with Crippen molar-refractivity contribution in [2.24, 2.45) is 0 Å². The van der Waals surface area contributed by atoms with E-state index in [1.165, 1.54) is 17.7 Å². The average Bonchev–Trinajstić information content (AvgIpc) is 3.15. The Balaban J connectivity index is 1.45. The Morgan fingerprint density at radius 1 is 0.960 bits per heavy atom. The summed E-state index contributed by atoms with van der Waals surface area (Å²) in [5.74, 6) is 1.34. The van der Waals surface area contributed by atoms with Gasteiger partial charge in [-0.2, -0.15) is 0 Å². The van der Waals surface area contributed by atoms with Gasteiger partial charge < -0.3 is 14.9 Å². The van der Waals surface area contributed by atoms with Gasteiger partial charge >= 0.3 is 0 Å².